The average molecular weight is 148 g/mol. The van der Waals surface area contributed by atoms with E-state index in [2.05, 4.69) is 31.2 Å². The first-order valence-corrected chi connectivity index (χ1v) is 4.04. The van der Waals surface area contributed by atoms with Gasteiger partial charge in [0, 0.05) is 5.92 Å². The maximum Gasteiger partial charge on any atom is 0.0872 e. The number of hydrogen-bond donors (Lipinski definition) is 0. The van der Waals surface area contributed by atoms with Crippen molar-refractivity contribution in [3.63, 3.8) is 0 Å². The second-order valence-electron chi connectivity index (χ2n) is 3.14. The predicted octanol–water partition coefficient (Wildman–Crippen LogP) is 2.39. The molecule has 0 aromatic heterocycles. The summed E-state index contributed by atoms with van der Waals surface area (Å²) in [5.41, 5.74) is 1.31. The third kappa shape index (κ3) is 1.16. The molecule has 2 atom stereocenters. The number of rotatable bonds is 1. The summed E-state index contributed by atoms with van der Waals surface area (Å²) in [6, 6.07) is 10.4. The van der Waals surface area contributed by atoms with E-state index in [-0.39, 0.29) is 0 Å². The Balaban J connectivity index is 2.17. The van der Waals surface area contributed by atoms with Crippen LogP contribution in [0.3, 0.4) is 0 Å². The van der Waals surface area contributed by atoms with Gasteiger partial charge < -0.3 is 4.74 Å². The normalized spacial score (nSPS) is 29.5. The zero-order valence-electron chi connectivity index (χ0n) is 6.66. The van der Waals surface area contributed by atoms with Crippen LogP contribution in [0.25, 0.3) is 0 Å². The summed E-state index contributed by atoms with van der Waals surface area (Å²) in [6.07, 6.45) is 0.358. The number of hydrogen-bond acceptors (Lipinski definition) is 1. The van der Waals surface area contributed by atoms with E-state index in [9.17, 15) is 0 Å². The Morgan fingerprint density at radius 3 is 2.45 bits per heavy atom. The summed E-state index contributed by atoms with van der Waals surface area (Å²) >= 11 is 0. The van der Waals surface area contributed by atoms with Crippen LogP contribution in [-0.2, 0) is 4.74 Å². The first kappa shape index (κ1) is 6.86. The van der Waals surface area contributed by atoms with E-state index in [4.69, 9.17) is 4.74 Å². The molecule has 1 aromatic carbocycles. The van der Waals surface area contributed by atoms with E-state index in [1.165, 1.54) is 5.56 Å². The average Bonchev–Trinajstić information content (AvgIpc) is 2.04. The van der Waals surface area contributed by atoms with Crippen molar-refractivity contribution in [3.05, 3.63) is 35.9 Å². The molecule has 0 aliphatic carbocycles. The molecule has 58 valence electrons. The summed E-state index contributed by atoms with van der Waals surface area (Å²) < 4.78 is 5.43. The highest BCUT2D eigenvalue weighted by Crippen LogP contribution is 2.34. The zero-order valence-corrected chi connectivity index (χ0v) is 6.66. The molecule has 0 saturated carbocycles. The van der Waals surface area contributed by atoms with Crippen molar-refractivity contribution in [1.82, 2.24) is 0 Å². The van der Waals surface area contributed by atoms with E-state index in [1.807, 2.05) is 6.07 Å². The van der Waals surface area contributed by atoms with Crippen molar-refractivity contribution in [2.45, 2.75) is 13.0 Å². The highest BCUT2D eigenvalue weighted by atomic mass is 16.5. The van der Waals surface area contributed by atoms with E-state index < -0.39 is 0 Å². The maximum atomic E-state index is 5.43. The predicted molar refractivity (Wildman–Crippen MR) is 44.3 cm³/mol. The molecule has 2 rings (SSSR count). The van der Waals surface area contributed by atoms with Crippen LogP contribution in [0.1, 0.15) is 18.6 Å². The van der Waals surface area contributed by atoms with Crippen LogP contribution in [0.4, 0.5) is 0 Å². The molecular weight excluding hydrogens is 136 g/mol. The molecule has 0 N–H and O–H groups in total. The van der Waals surface area contributed by atoms with Gasteiger partial charge in [-0.3, -0.25) is 0 Å². The minimum Gasteiger partial charge on any atom is -0.373 e. The third-order valence-corrected chi connectivity index (χ3v) is 2.18. The van der Waals surface area contributed by atoms with Gasteiger partial charge >= 0.3 is 0 Å². The van der Waals surface area contributed by atoms with Gasteiger partial charge in [-0.05, 0) is 5.56 Å². The van der Waals surface area contributed by atoms with Gasteiger partial charge in [0.2, 0.25) is 0 Å². The van der Waals surface area contributed by atoms with E-state index >= 15 is 0 Å². The summed E-state index contributed by atoms with van der Waals surface area (Å²) in [6.45, 7) is 3.14. The Morgan fingerprint density at radius 1 is 1.27 bits per heavy atom. The Kier molecular flexibility index (Phi) is 1.66. The Hall–Kier alpha value is -0.820. The molecule has 1 fully saturated rings. The van der Waals surface area contributed by atoms with Gasteiger partial charge in [-0.1, -0.05) is 37.3 Å². The Bertz CT molecular complexity index is 230. The smallest absolute Gasteiger partial charge is 0.0872 e. The first-order chi connectivity index (χ1) is 5.38. The number of benzene rings is 1. The van der Waals surface area contributed by atoms with Crippen LogP contribution in [0.5, 0.6) is 0 Å². The summed E-state index contributed by atoms with van der Waals surface area (Å²) in [5, 5.41) is 0. The molecule has 0 spiro atoms. The third-order valence-electron chi connectivity index (χ3n) is 2.18. The van der Waals surface area contributed by atoms with Crippen molar-refractivity contribution < 1.29 is 4.74 Å². The molecule has 1 aliphatic rings. The Morgan fingerprint density at radius 2 is 2.00 bits per heavy atom. The molecule has 0 amide bonds. The van der Waals surface area contributed by atoms with Gasteiger partial charge in [0.15, 0.2) is 0 Å². The SMILES string of the molecule is C[C@H]1CO[C@@H]1c1ccccc1. The van der Waals surface area contributed by atoms with Crippen LogP contribution < -0.4 is 0 Å². The van der Waals surface area contributed by atoms with Crippen LogP contribution in [0, 0.1) is 5.92 Å². The van der Waals surface area contributed by atoms with E-state index in [0.717, 1.165) is 6.61 Å². The van der Waals surface area contributed by atoms with Crippen LogP contribution in [0.2, 0.25) is 0 Å². The molecule has 1 nitrogen and oxygen atoms in total. The highest BCUT2D eigenvalue weighted by Gasteiger charge is 2.28. The fraction of sp³-hybridized carbons (Fsp3) is 0.400. The van der Waals surface area contributed by atoms with Gasteiger partial charge in [-0.2, -0.15) is 0 Å². The van der Waals surface area contributed by atoms with Crippen LogP contribution in [-0.4, -0.2) is 6.61 Å². The quantitative estimate of drug-likeness (QED) is 0.594. The lowest BCUT2D eigenvalue weighted by atomic mass is 9.93. The van der Waals surface area contributed by atoms with Crippen molar-refractivity contribution in [3.8, 4) is 0 Å². The molecule has 11 heavy (non-hydrogen) atoms. The molecule has 0 unspecified atom stereocenters. The number of ether oxygens (including phenoxy) is 1. The molecule has 1 heterocycles. The minimum atomic E-state index is 0.358. The summed E-state index contributed by atoms with van der Waals surface area (Å²) in [4.78, 5) is 0. The van der Waals surface area contributed by atoms with Gasteiger partial charge in [-0.15, -0.1) is 0 Å². The highest BCUT2D eigenvalue weighted by molar-refractivity contribution is 5.19. The summed E-state index contributed by atoms with van der Waals surface area (Å²) in [5.74, 6) is 0.692. The fourth-order valence-corrected chi connectivity index (χ4v) is 1.45. The van der Waals surface area contributed by atoms with Crippen LogP contribution in [0.15, 0.2) is 30.3 Å². The van der Waals surface area contributed by atoms with Crippen molar-refractivity contribution in [2.75, 3.05) is 6.61 Å². The second-order valence-corrected chi connectivity index (χ2v) is 3.14. The Labute approximate surface area is 67.0 Å². The zero-order chi connectivity index (χ0) is 7.68. The standard InChI is InChI=1S/C10H12O/c1-8-7-11-10(8)9-5-3-2-4-6-9/h2-6,8,10H,7H2,1H3/t8-,10-/m0/s1. The topological polar surface area (TPSA) is 9.23 Å². The second kappa shape index (κ2) is 2.67. The molecule has 0 bridgehead atoms. The van der Waals surface area contributed by atoms with E-state index in [0.29, 0.717) is 12.0 Å². The van der Waals surface area contributed by atoms with Crippen molar-refractivity contribution in [1.29, 1.82) is 0 Å². The molecule has 0 radical (unpaired) electrons. The fourth-order valence-electron chi connectivity index (χ4n) is 1.45. The van der Waals surface area contributed by atoms with Gasteiger partial charge in [0.05, 0.1) is 12.7 Å². The van der Waals surface area contributed by atoms with Crippen molar-refractivity contribution >= 4 is 0 Å². The lowest BCUT2D eigenvalue weighted by Crippen LogP contribution is -2.29. The molecule has 1 aliphatic heterocycles. The van der Waals surface area contributed by atoms with Gasteiger partial charge in [0.25, 0.3) is 0 Å². The molecule has 1 saturated heterocycles. The molecule has 1 aromatic rings. The monoisotopic (exact) mass is 148 g/mol. The van der Waals surface area contributed by atoms with E-state index in [1.54, 1.807) is 0 Å². The molecule has 1 heteroatoms. The first-order valence-electron chi connectivity index (χ1n) is 4.04. The van der Waals surface area contributed by atoms with Crippen molar-refractivity contribution in [2.24, 2.45) is 5.92 Å². The minimum absolute atomic E-state index is 0.358. The largest absolute Gasteiger partial charge is 0.373 e. The summed E-state index contributed by atoms with van der Waals surface area (Å²) in [7, 11) is 0. The van der Waals surface area contributed by atoms with Gasteiger partial charge in [-0.25, -0.2) is 0 Å². The molecular formula is C10H12O. The lowest BCUT2D eigenvalue weighted by molar-refractivity contribution is -0.109. The van der Waals surface area contributed by atoms with Crippen LogP contribution >= 0.6 is 0 Å². The maximum absolute atomic E-state index is 5.43. The lowest BCUT2D eigenvalue weighted by Gasteiger charge is -2.34. The van der Waals surface area contributed by atoms with Gasteiger partial charge in [0.1, 0.15) is 0 Å².